The van der Waals surface area contributed by atoms with Crippen molar-refractivity contribution in [3.63, 3.8) is 0 Å². The maximum absolute atomic E-state index is 12.0. The van der Waals surface area contributed by atoms with Gasteiger partial charge in [0.1, 0.15) is 0 Å². The molecular formula is C15H15BrN2O3. The highest BCUT2D eigenvalue weighted by Gasteiger charge is 2.17. The summed E-state index contributed by atoms with van der Waals surface area (Å²) in [5, 5.41) is 2.79. The van der Waals surface area contributed by atoms with Gasteiger partial charge in [0.15, 0.2) is 5.76 Å². The fourth-order valence-electron chi connectivity index (χ4n) is 1.79. The molecule has 1 heterocycles. The Morgan fingerprint density at radius 2 is 2.10 bits per heavy atom. The number of halogens is 1. The molecule has 0 spiro atoms. The summed E-state index contributed by atoms with van der Waals surface area (Å²) in [5.74, 6) is -0.386. The second-order valence-corrected chi connectivity index (χ2v) is 5.56. The van der Waals surface area contributed by atoms with Crippen LogP contribution in [-0.2, 0) is 4.79 Å². The van der Waals surface area contributed by atoms with E-state index >= 15 is 0 Å². The molecule has 1 N–H and O–H groups in total. The van der Waals surface area contributed by atoms with E-state index in [0.29, 0.717) is 5.69 Å². The van der Waals surface area contributed by atoms with E-state index in [2.05, 4.69) is 21.2 Å². The molecule has 5 nitrogen and oxygen atoms in total. The van der Waals surface area contributed by atoms with Crippen molar-refractivity contribution in [3.05, 3.63) is 52.4 Å². The Morgan fingerprint density at radius 1 is 1.33 bits per heavy atom. The van der Waals surface area contributed by atoms with Crippen LogP contribution in [0.4, 0.5) is 5.69 Å². The third-order valence-corrected chi connectivity index (χ3v) is 3.43. The van der Waals surface area contributed by atoms with Crippen molar-refractivity contribution in [2.75, 3.05) is 18.9 Å². The second-order valence-electron chi connectivity index (χ2n) is 4.65. The van der Waals surface area contributed by atoms with Crippen molar-refractivity contribution in [1.82, 2.24) is 4.90 Å². The number of benzene rings is 1. The summed E-state index contributed by atoms with van der Waals surface area (Å²) >= 11 is 3.36. The topological polar surface area (TPSA) is 62.6 Å². The van der Waals surface area contributed by atoms with E-state index < -0.39 is 0 Å². The molecule has 0 aliphatic rings. The average molecular weight is 351 g/mol. The highest BCUT2D eigenvalue weighted by atomic mass is 79.9. The molecule has 0 aliphatic heterocycles. The molecule has 110 valence electrons. The first kappa shape index (κ1) is 15.3. The van der Waals surface area contributed by atoms with Crippen molar-refractivity contribution in [1.29, 1.82) is 0 Å². The van der Waals surface area contributed by atoms with Gasteiger partial charge in [-0.2, -0.15) is 0 Å². The van der Waals surface area contributed by atoms with Gasteiger partial charge in [0, 0.05) is 17.2 Å². The van der Waals surface area contributed by atoms with Crippen LogP contribution < -0.4 is 5.32 Å². The molecule has 2 amide bonds. The standard InChI is InChI=1S/C15H15BrN2O3/c1-10-5-6-11(16)8-12(10)17-14(19)9-18(2)15(20)13-4-3-7-21-13/h3-8H,9H2,1-2H3,(H,17,19). The maximum Gasteiger partial charge on any atom is 0.289 e. The summed E-state index contributed by atoms with van der Waals surface area (Å²) in [6.45, 7) is 1.85. The van der Waals surface area contributed by atoms with Crippen LogP contribution in [0.5, 0.6) is 0 Å². The minimum absolute atomic E-state index is 0.0501. The van der Waals surface area contributed by atoms with Crippen LogP contribution in [0.3, 0.4) is 0 Å². The molecular weight excluding hydrogens is 336 g/mol. The number of aryl methyl sites for hydroxylation is 1. The molecule has 0 bridgehead atoms. The first-order valence-corrected chi connectivity index (χ1v) is 7.11. The molecule has 21 heavy (non-hydrogen) atoms. The molecule has 0 atom stereocenters. The van der Waals surface area contributed by atoms with Crippen molar-refractivity contribution >= 4 is 33.4 Å². The summed E-state index contributed by atoms with van der Waals surface area (Å²) in [6.07, 6.45) is 1.42. The number of furan rings is 1. The van der Waals surface area contributed by atoms with Crippen LogP contribution in [-0.4, -0.2) is 30.3 Å². The van der Waals surface area contributed by atoms with Gasteiger partial charge >= 0.3 is 0 Å². The van der Waals surface area contributed by atoms with Gasteiger partial charge in [-0.15, -0.1) is 0 Å². The number of rotatable bonds is 4. The summed E-state index contributed by atoms with van der Waals surface area (Å²) < 4.78 is 5.90. The van der Waals surface area contributed by atoms with Gasteiger partial charge in [0.05, 0.1) is 12.8 Å². The Bertz CT molecular complexity index is 653. The predicted molar refractivity (Wildman–Crippen MR) is 83.2 cm³/mol. The van der Waals surface area contributed by atoms with E-state index in [1.165, 1.54) is 11.2 Å². The predicted octanol–water partition coefficient (Wildman–Crippen LogP) is 3.06. The first-order chi connectivity index (χ1) is 9.97. The van der Waals surface area contributed by atoms with E-state index in [1.807, 2.05) is 25.1 Å². The van der Waals surface area contributed by atoms with Gasteiger partial charge in [0.25, 0.3) is 5.91 Å². The quantitative estimate of drug-likeness (QED) is 0.921. The average Bonchev–Trinajstić information content (AvgIpc) is 2.96. The lowest BCUT2D eigenvalue weighted by atomic mass is 10.2. The Labute approximate surface area is 131 Å². The van der Waals surface area contributed by atoms with E-state index in [4.69, 9.17) is 4.42 Å². The molecule has 0 aliphatic carbocycles. The molecule has 1 aromatic heterocycles. The first-order valence-electron chi connectivity index (χ1n) is 6.32. The lowest BCUT2D eigenvalue weighted by molar-refractivity contribution is -0.116. The normalized spacial score (nSPS) is 10.2. The zero-order valence-corrected chi connectivity index (χ0v) is 13.3. The molecule has 0 fully saturated rings. The molecule has 0 saturated heterocycles. The number of nitrogens with one attached hydrogen (secondary N) is 1. The fourth-order valence-corrected chi connectivity index (χ4v) is 2.16. The van der Waals surface area contributed by atoms with Crippen molar-refractivity contribution in [2.24, 2.45) is 0 Å². The number of likely N-dealkylation sites (N-methyl/N-ethyl adjacent to an activating group) is 1. The summed E-state index contributed by atoms with van der Waals surface area (Å²) in [5.41, 5.74) is 1.67. The zero-order valence-electron chi connectivity index (χ0n) is 11.7. The van der Waals surface area contributed by atoms with Crippen LogP contribution in [0.15, 0.2) is 45.5 Å². The van der Waals surface area contributed by atoms with Crippen molar-refractivity contribution in [3.8, 4) is 0 Å². The van der Waals surface area contributed by atoms with Crippen LogP contribution in [0.1, 0.15) is 16.1 Å². The molecule has 1 aromatic carbocycles. The van der Waals surface area contributed by atoms with Gasteiger partial charge in [-0.1, -0.05) is 22.0 Å². The van der Waals surface area contributed by atoms with Gasteiger partial charge < -0.3 is 14.6 Å². The zero-order chi connectivity index (χ0) is 15.4. The number of nitrogens with zero attached hydrogens (tertiary/aromatic N) is 1. The summed E-state index contributed by atoms with van der Waals surface area (Å²) in [6, 6.07) is 8.82. The molecule has 0 unspecified atom stereocenters. The van der Waals surface area contributed by atoms with Gasteiger partial charge in [-0.25, -0.2) is 0 Å². The van der Waals surface area contributed by atoms with Gasteiger partial charge in [0.2, 0.25) is 5.91 Å². The second kappa shape index (κ2) is 6.58. The summed E-state index contributed by atoms with van der Waals surface area (Å²) in [7, 11) is 1.55. The Hall–Kier alpha value is -2.08. The number of carbonyl (C=O) groups is 2. The molecule has 0 saturated carbocycles. The molecule has 6 heteroatoms. The lowest BCUT2D eigenvalue weighted by Crippen LogP contribution is -2.34. The third-order valence-electron chi connectivity index (χ3n) is 2.93. The molecule has 2 rings (SSSR count). The van der Waals surface area contributed by atoms with Crippen molar-refractivity contribution < 1.29 is 14.0 Å². The van der Waals surface area contributed by atoms with Gasteiger partial charge in [-0.3, -0.25) is 9.59 Å². The van der Waals surface area contributed by atoms with Gasteiger partial charge in [-0.05, 0) is 36.8 Å². The lowest BCUT2D eigenvalue weighted by Gasteiger charge is -2.16. The van der Waals surface area contributed by atoms with Crippen LogP contribution in [0.25, 0.3) is 0 Å². The number of hydrogen-bond acceptors (Lipinski definition) is 3. The van der Waals surface area contributed by atoms with Crippen molar-refractivity contribution in [2.45, 2.75) is 6.92 Å². The minimum atomic E-state index is -0.332. The number of amides is 2. The Kier molecular flexibility index (Phi) is 4.80. The SMILES string of the molecule is Cc1ccc(Br)cc1NC(=O)CN(C)C(=O)c1ccco1. The highest BCUT2D eigenvalue weighted by Crippen LogP contribution is 2.20. The number of carbonyl (C=O) groups excluding carboxylic acids is 2. The van der Waals surface area contributed by atoms with E-state index in [9.17, 15) is 9.59 Å². The number of hydrogen-bond donors (Lipinski definition) is 1. The minimum Gasteiger partial charge on any atom is -0.459 e. The van der Waals surface area contributed by atoms with Crippen LogP contribution in [0, 0.1) is 6.92 Å². The van der Waals surface area contributed by atoms with E-state index in [-0.39, 0.29) is 24.1 Å². The van der Waals surface area contributed by atoms with Crippen LogP contribution in [0.2, 0.25) is 0 Å². The smallest absolute Gasteiger partial charge is 0.289 e. The Balaban J connectivity index is 1.98. The van der Waals surface area contributed by atoms with E-state index in [1.54, 1.807) is 19.2 Å². The monoisotopic (exact) mass is 350 g/mol. The summed E-state index contributed by atoms with van der Waals surface area (Å²) in [4.78, 5) is 25.3. The number of anilines is 1. The largest absolute Gasteiger partial charge is 0.459 e. The Morgan fingerprint density at radius 3 is 2.76 bits per heavy atom. The van der Waals surface area contributed by atoms with Crippen LogP contribution >= 0.6 is 15.9 Å². The molecule has 2 aromatic rings. The molecule has 0 radical (unpaired) electrons. The third kappa shape index (κ3) is 3.95. The maximum atomic E-state index is 12.0. The fraction of sp³-hybridized carbons (Fsp3) is 0.200. The van der Waals surface area contributed by atoms with E-state index in [0.717, 1.165) is 10.0 Å². The highest BCUT2D eigenvalue weighted by molar-refractivity contribution is 9.10.